The minimum Gasteiger partial charge on any atom is -0.496 e. The summed E-state index contributed by atoms with van der Waals surface area (Å²) in [7, 11) is 1.67. The largest absolute Gasteiger partial charge is 0.496 e. The van der Waals surface area contributed by atoms with E-state index in [-0.39, 0.29) is 24.0 Å². The maximum atomic E-state index is 13.0. The third-order valence-electron chi connectivity index (χ3n) is 5.17. The summed E-state index contributed by atoms with van der Waals surface area (Å²) < 4.78 is 5.47. The maximum absolute atomic E-state index is 13.0. The second kappa shape index (κ2) is 9.89. The molecule has 3 rings (SSSR count). The zero-order valence-electron chi connectivity index (χ0n) is 17.2. The van der Waals surface area contributed by atoms with Crippen LogP contribution in [-0.4, -0.2) is 19.1 Å². The number of carbonyl (C=O) groups excluding carboxylic acids is 1. The molecular weight excluding hydrogens is 360 g/mol. The Morgan fingerprint density at radius 1 is 0.828 bits per heavy atom. The first-order valence-electron chi connectivity index (χ1n) is 9.98. The molecule has 0 aliphatic heterocycles. The Bertz CT molecular complexity index is 873. The van der Waals surface area contributed by atoms with Crippen LogP contribution in [0.25, 0.3) is 0 Å². The summed E-state index contributed by atoms with van der Waals surface area (Å²) in [6, 6.07) is 27.8. The number of benzene rings is 3. The average molecular weight is 390 g/mol. The van der Waals surface area contributed by atoms with Gasteiger partial charge < -0.3 is 15.4 Å². The second-order valence-corrected chi connectivity index (χ2v) is 7.27. The molecule has 0 saturated heterocycles. The molecule has 0 aliphatic rings. The van der Waals surface area contributed by atoms with Crippen molar-refractivity contribution in [3.05, 3.63) is 102 Å². The van der Waals surface area contributed by atoms with Crippen molar-refractivity contribution in [3.63, 3.8) is 0 Å². The number of nitrogens with one attached hydrogen (secondary N) is 1. The molecule has 3 aromatic carbocycles. The Hall–Kier alpha value is -3.11. The molecule has 0 unspecified atom stereocenters. The standard InChI is InChI=1S/C25H28N2O2/c1-18(22-16-10-11-17-23(22)29-3)26-19(2)25(28)27-24(20-12-6-4-7-13-20)21-14-8-5-9-15-21/h4-19,24,26H,1-3H3,(H,27,28)/p+1/t18-,19-/m0/s1. The van der Waals surface area contributed by atoms with Gasteiger partial charge in [-0.1, -0.05) is 72.8 Å². The highest BCUT2D eigenvalue weighted by atomic mass is 16.5. The van der Waals surface area contributed by atoms with E-state index in [1.165, 1.54) is 0 Å². The Morgan fingerprint density at radius 3 is 1.90 bits per heavy atom. The van der Waals surface area contributed by atoms with E-state index in [1.807, 2.05) is 91.9 Å². The highest BCUT2D eigenvalue weighted by Crippen LogP contribution is 2.23. The number of quaternary nitrogens is 1. The molecule has 0 heterocycles. The van der Waals surface area contributed by atoms with Gasteiger partial charge in [0.1, 0.15) is 11.8 Å². The topological polar surface area (TPSA) is 54.9 Å². The molecule has 0 aromatic heterocycles. The lowest BCUT2D eigenvalue weighted by molar-refractivity contribution is -0.710. The first kappa shape index (κ1) is 20.6. The van der Waals surface area contributed by atoms with Crippen LogP contribution in [0.15, 0.2) is 84.9 Å². The van der Waals surface area contributed by atoms with E-state index in [2.05, 4.69) is 17.6 Å². The number of methoxy groups -OCH3 is 1. The predicted molar refractivity (Wildman–Crippen MR) is 116 cm³/mol. The van der Waals surface area contributed by atoms with Gasteiger partial charge in [0.2, 0.25) is 0 Å². The minimum absolute atomic E-state index is 0.00412. The molecule has 2 atom stereocenters. The molecule has 0 spiro atoms. The summed E-state index contributed by atoms with van der Waals surface area (Å²) in [5.74, 6) is 0.847. The van der Waals surface area contributed by atoms with Gasteiger partial charge >= 0.3 is 0 Å². The van der Waals surface area contributed by atoms with Gasteiger partial charge in [-0.3, -0.25) is 4.79 Å². The molecule has 4 nitrogen and oxygen atoms in total. The summed E-state index contributed by atoms with van der Waals surface area (Å²) in [6.45, 7) is 4.03. The predicted octanol–water partition coefficient (Wildman–Crippen LogP) is 3.61. The maximum Gasteiger partial charge on any atom is 0.278 e. The van der Waals surface area contributed by atoms with Crippen molar-refractivity contribution < 1.29 is 14.8 Å². The average Bonchev–Trinajstić information content (AvgIpc) is 2.78. The number of para-hydroxylation sites is 1. The van der Waals surface area contributed by atoms with Gasteiger partial charge in [0.05, 0.1) is 18.7 Å². The number of hydrogen-bond acceptors (Lipinski definition) is 2. The smallest absolute Gasteiger partial charge is 0.278 e. The highest BCUT2D eigenvalue weighted by molar-refractivity contribution is 5.80. The van der Waals surface area contributed by atoms with Crippen molar-refractivity contribution in [2.24, 2.45) is 0 Å². The van der Waals surface area contributed by atoms with E-state index in [0.29, 0.717) is 0 Å². The van der Waals surface area contributed by atoms with E-state index in [4.69, 9.17) is 4.74 Å². The number of carbonyl (C=O) groups is 1. The van der Waals surface area contributed by atoms with Crippen molar-refractivity contribution >= 4 is 5.91 Å². The van der Waals surface area contributed by atoms with E-state index in [1.54, 1.807) is 7.11 Å². The van der Waals surface area contributed by atoms with E-state index in [0.717, 1.165) is 22.4 Å². The Morgan fingerprint density at radius 2 is 1.34 bits per heavy atom. The van der Waals surface area contributed by atoms with Crippen molar-refractivity contribution in [1.29, 1.82) is 0 Å². The molecule has 0 saturated carbocycles. The molecule has 3 aromatic rings. The van der Waals surface area contributed by atoms with Crippen LogP contribution in [0.3, 0.4) is 0 Å². The van der Waals surface area contributed by atoms with E-state index < -0.39 is 0 Å². The van der Waals surface area contributed by atoms with Crippen molar-refractivity contribution in [2.45, 2.75) is 32.0 Å². The van der Waals surface area contributed by atoms with Gasteiger partial charge in [-0.2, -0.15) is 0 Å². The third-order valence-corrected chi connectivity index (χ3v) is 5.17. The molecule has 29 heavy (non-hydrogen) atoms. The highest BCUT2D eigenvalue weighted by Gasteiger charge is 2.25. The fraction of sp³-hybridized carbons (Fsp3) is 0.240. The van der Waals surface area contributed by atoms with Crippen molar-refractivity contribution in [2.75, 3.05) is 7.11 Å². The summed E-state index contributed by atoms with van der Waals surface area (Å²) in [6.07, 6.45) is 0. The summed E-state index contributed by atoms with van der Waals surface area (Å²) in [5, 5.41) is 5.30. The summed E-state index contributed by atoms with van der Waals surface area (Å²) in [5.41, 5.74) is 3.21. The summed E-state index contributed by atoms with van der Waals surface area (Å²) in [4.78, 5) is 13.0. The zero-order chi connectivity index (χ0) is 20.6. The van der Waals surface area contributed by atoms with Gasteiger partial charge in [0.25, 0.3) is 5.91 Å². The first-order valence-corrected chi connectivity index (χ1v) is 9.98. The Kier molecular flexibility index (Phi) is 7.04. The van der Waals surface area contributed by atoms with Crippen molar-refractivity contribution in [1.82, 2.24) is 5.32 Å². The molecule has 0 radical (unpaired) electrons. The van der Waals surface area contributed by atoms with Crippen LogP contribution in [0.1, 0.15) is 42.6 Å². The van der Waals surface area contributed by atoms with Crippen LogP contribution in [0.4, 0.5) is 0 Å². The molecule has 0 aliphatic carbocycles. The second-order valence-electron chi connectivity index (χ2n) is 7.27. The van der Waals surface area contributed by atoms with Crippen LogP contribution in [-0.2, 0) is 4.79 Å². The SMILES string of the molecule is COc1ccccc1[C@H](C)[NH2+][C@@H](C)C(=O)NC(c1ccccc1)c1ccccc1. The number of amides is 1. The number of nitrogens with two attached hydrogens (primary N) is 1. The number of ether oxygens (including phenoxy) is 1. The molecular formula is C25H29N2O2+. The molecule has 1 amide bonds. The van der Waals surface area contributed by atoms with Crippen LogP contribution in [0.2, 0.25) is 0 Å². The fourth-order valence-corrected chi connectivity index (χ4v) is 3.59. The number of rotatable bonds is 8. The van der Waals surface area contributed by atoms with Crippen LogP contribution >= 0.6 is 0 Å². The number of hydrogen-bond donors (Lipinski definition) is 2. The van der Waals surface area contributed by atoms with Crippen LogP contribution in [0, 0.1) is 0 Å². The summed E-state index contributed by atoms with van der Waals surface area (Å²) >= 11 is 0. The van der Waals surface area contributed by atoms with Gasteiger partial charge in [-0.25, -0.2) is 0 Å². The van der Waals surface area contributed by atoms with Crippen LogP contribution < -0.4 is 15.4 Å². The van der Waals surface area contributed by atoms with Crippen molar-refractivity contribution in [3.8, 4) is 5.75 Å². The van der Waals surface area contributed by atoms with E-state index in [9.17, 15) is 4.79 Å². The monoisotopic (exact) mass is 389 g/mol. The molecule has 0 bridgehead atoms. The molecule has 4 heteroatoms. The third kappa shape index (κ3) is 5.24. The quantitative estimate of drug-likeness (QED) is 0.618. The fourth-order valence-electron chi connectivity index (χ4n) is 3.59. The van der Waals surface area contributed by atoms with Crippen LogP contribution in [0.5, 0.6) is 5.75 Å². The zero-order valence-corrected chi connectivity index (χ0v) is 17.2. The Labute approximate surface area is 172 Å². The van der Waals surface area contributed by atoms with Gasteiger partial charge in [-0.05, 0) is 37.1 Å². The van der Waals surface area contributed by atoms with Gasteiger partial charge in [-0.15, -0.1) is 0 Å². The first-order chi connectivity index (χ1) is 14.1. The molecule has 0 fully saturated rings. The molecule has 150 valence electrons. The lowest BCUT2D eigenvalue weighted by Crippen LogP contribution is -2.92. The lowest BCUT2D eigenvalue weighted by Gasteiger charge is -2.23. The van der Waals surface area contributed by atoms with Gasteiger partial charge in [0, 0.05) is 0 Å². The van der Waals surface area contributed by atoms with Gasteiger partial charge in [0.15, 0.2) is 6.04 Å². The lowest BCUT2D eigenvalue weighted by atomic mass is 9.98. The molecule has 3 N–H and O–H groups in total. The van der Waals surface area contributed by atoms with E-state index >= 15 is 0 Å². The Balaban J connectivity index is 1.74. The normalized spacial score (nSPS) is 13.0. The minimum atomic E-state index is -0.246.